The first-order valence-electron chi connectivity index (χ1n) is 20.5. The van der Waals surface area contributed by atoms with Gasteiger partial charge < -0.3 is 0 Å². The Morgan fingerprint density at radius 2 is 1.21 bits per heavy atom. The van der Waals surface area contributed by atoms with Crippen LogP contribution in [0.15, 0.2) is 11.6 Å². The Hall–Kier alpha value is -1.58. The molecule has 0 N–H and O–H groups in total. The molecular weight excluding hydrogens is 580 g/mol. The zero-order chi connectivity index (χ0) is 33.9. The predicted molar refractivity (Wildman–Crippen MR) is 193 cm³/mol. The SMILES string of the molecule is CCCCCCCCCCCCCCCCCC(=O)CC(=O)[C@@]1(C(=O)CCC)CC[C@H]2[C@@H]3CCC4=CC(=O)CC[C@]4(C)[C@H]3CC[C@@]21C. The Labute approximate surface area is 288 Å². The van der Waals surface area contributed by atoms with Gasteiger partial charge in [0.1, 0.15) is 11.6 Å². The van der Waals surface area contributed by atoms with E-state index in [4.69, 9.17) is 0 Å². The van der Waals surface area contributed by atoms with E-state index in [9.17, 15) is 19.2 Å². The summed E-state index contributed by atoms with van der Waals surface area (Å²) in [5.41, 5.74) is 0.0620. The summed E-state index contributed by atoms with van der Waals surface area (Å²) in [6.07, 6.45) is 30.0. The van der Waals surface area contributed by atoms with Crippen LogP contribution in [0.2, 0.25) is 0 Å². The lowest BCUT2D eigenvalue weighted by Crippen LogP contribution is -2.57. The van der Waals surface area contributed by atoms with Crippen molar-refractivity contribution in [2.45, 2.75) is 201 Å². The molecule has 0 aliphatic heterocycles. The van der Waals surface area contributed by atoms with Crippen LogP contribution in [-0.2, 0) is 19.2 Å². The third-order valence-electron chi connectivity index (χ3n) is 14.0. The van der Waals surface area contributed by atoms with Crippen molar-refractivity contribution >= 4 is 23.1 Å². The number of allylic oxidation sites excluding steroid dienone is 1. The summed E-state index contributed by atoms with van der Waals surface area (Å²) in [6.45, 7) is 8.95. The second-order valence-electron chi connectivity index (χ2n) is 16.9. The van der Waals surface area contributed by atoms with Crippen LogP contribution in [0, 0.1) is 34.0 Å². The van der Waals surface area contributed by atoms with Crippen molar-refractivity contribution < 1.29 is 19.2 Å². The fourth-order valence-corrected chi connectivity index (χ4v) is 11.2. The van der Waals surface area contributed by atoms with Crippen LogP contribution in [0.25, 0.3) is 0 Å². The zero-order valence-electron chi connectivity index (χ0n) is 31.0. The molecule has 4 rings (SSSR count). The molecule has 0 saturated heterocycles. The van der Waals surface area contributed by atoms with Crippen LogP contribution in [0.3, 0.4) is 0 Å². The minimum atomic E-state index is -0.997. The first kappa shape index (κ1) is 38.2. The van der Waals surface area contributed by atoms with Gasteiger partial charge in [-0.05, 0) is 92.4 Å². The minimum Gasteiger partial charge on any atom is -0.299 e. The van der Waals surface area contributed by atoms with Crippen molar-refractivity contribution in [3.63, 3.8) is 0 Å². The fourth-order valence-electron chi connectivity index (χ4n) is 11.2. The maximum atomic E-state index is 14.3. The molecule has 0 bridgehead atoms. The molecule has 0 aromatic rings. The molecule has 6 atom stereocenters. The van der Waals surface area contributed by atoms with Gasteiger partial charge in [-0.1, -0.05) is 123 Å². The molecule has 266 valence electrons. The number of fused-ring (bicyclic) bond motifs is 5. The first-order chi connectivity index (χ1) is 22.6. The van der Waals surface area contributed by atoms with Crippen LogP contribution in [-0.4, -0.2) is 23.1 Å². The quantitative estimate of drug-likeness (QED) is 0.0863. The van der Waals surface area contributed by atoms with E-state index in [0.29, 0.717) is 43.4 Å². The molecule has 47 heavy (non-hydrogen) atoms. The smallest absolute Gasteiger partial charge is 0.155 e. The van der Waals surface area contributed by atoms with Gasteiger partial charge >= 0.3 is 0 Å². The molecule has 0 aromatic carbocycles. The number of carbonyl (C=O) groups is 4. The molecule has 4 nitrogen and oxygen atoms in total. The topological polar surface area (TPSA) is 68.3 Å². The van der Waals surface area contributed by atoms with Crippen LogP contribution < -0.4 is 0 Å². The number of Topliss-reactive ketones (excluding diaryl/α,β-unsaturated/α-hetero) is 3. The van der Waals surface area contributed by atoms with Gasteiger partial charge in [-0.2, -0.15) is 0 Å². The van der Waals surface area contributed by atoms with Gasteiger partial charge in [-0.3, -0.25) is 19.2 Å². The highest BCUT2D eigenvalue weighted by Crippen LogP contribution is 2.70. The second-order valence-corrected chi connectivity index (χ2v) is 16.9. The summed E-state index contributed by atoms with van der Waals surface area (Å²) in [4.78, 5) is 53.9. The Kier molecular flexibility index (Phi) is 14.5. The predicted octanol–water partition coefficient (Wildman–Crippen LogP) is 11.7. The molecular formula is C43H70O4. The largest absolute Gasteiger partial charge is 0.299 e. The Bertz CT molecular complexity index is 1100. The number of hydrogen-bond acceptors (Lipinski definition) is 4. The van der Waals surface area contributed by atoms with E-state index in [0.717, 1.165) is 57.8 Å². The van der Waals surface area contributed by atoms with E-state index in [1.54, 1.807) is 0 Å². The zero-order valence-corrected chi connectivity index (χ0v) is 31.0. The van der Waals surface area contributed by atoms with Crippen molar-refractivity contribution in [3.05, 3.63) is 11.6 Å². The second kappa shape index (κ2) is 17.9. The highest BCUT2D eigenvalue weighted by atomic mass is 16.2. The number of rotatable bonds is 22. The van der Waals surface area contributed by atoms with E-state index >= 15 is 0 Å². The number of unbranched alkanes of at least 4 members (excludes halogenated alkanes) is 14. The maximum Gasteiger partial charge on any atom is 0.155 e. The summed E-state index contributed by atoms with van der Waals surface area (Å²) >= 11 is 0. The molecule has 0 radical (unpaired) electrons. The molecule has 4 aliphatic carbocycles. The van der Waals surface area contributed by atoms with Gasteiger partial charge in [0.15, 0.2) is 11.6 Å². The molecule has 4 aliphatic rings. The van der Waals surface area contributed by atoms with E-state index < -0.39 is 5.41 Å². The van der Waals surface area contributed by atoms with E-state index in [1.165, 1.54) is 89.0 Å². The van der Waals surface area contributed by atoms with E-state index in [1.807, 2.05) is 13.0 Å². The van der Waals surface area contributed by atoms with Crippen LogP contribution >= 0.6 is 0 Å². The van der Waals surface area contributed by atoms with Crippen molar-refractivity contribution in [3.8, 4) is 0 Å². The highest BCUT2D eigenvalue weighted by Gasteiger charge is 2.68. The lowest BCUT2D eigenvalue weighted by Gasteiger charge is -2.59. The monoisotopic (exact) mass is 651 g/mol. The standard InChI is InChI=1S/C43H70O4/c1-5-7-8-9-10-11-12-13-14-15-16-17-18-19-20-22-34(44)32-40(47)43(39(46)21-6-2)30-27-38-36-24-23-33-31-35(45)25-28-41(33,3)37(36)26-29-42(38,43)4/h31,36-38H,5-30,32H2,1-4H3/t36-,37+,38+,41+,42+,43+/m1/s1. The maximum absolute atomic E-state index is 14.3. The van der Waals surface area contributed by atoms with Crippen LogP contribution in [0.1, 0.15) is 201 Å². The Morgan fingerprint density at radius 3 is 1.81 bits per heavy atom. The van der Waals surface area contributed by atoms with Crippen molar-refractivity contribution in [1.82, 2.24) is 0 Å². The highest BCUT2D eigenvalue weighted by molar-refractivity contribution is 6.14. The average Bonchev–Trinajstić information content (AvgIpc) is 3.37. The van der Waals surface area contributed by atoms with Gasteiger partial charge in [-0.15, -0.1) is 0 Å². The van der Waals surface area contributed by atoms with Gasteiger partial charge in [0.2, 0.25) is 0 Å². The molecule has 0 spiro atoms. The van der Waals surface area contributed by atoms with Crippen LogP contribution in [0.5, 0.6) is 0 Å². The van der Waals surface area contributed by atoms with Gasteiger partial charge in [-0.25, -0.2) is 0 Å². The third-order valence-corrected chi connectivity index (χ3v) is 14.0. The molecule has 4 heteroatoms. The molecule has 0 aromatic heterocycles. The number of ketones is 4. The third kappa shape index (κ3) is 8.60. The summed E-state index contributed by atoms with van der Waals surface area (Å²) in [7, 11) is 0. The number of carbonyl (C=O) groups excluding carboxylic acids is 4. The normalized spacial score (nSPS) is 31.5. The summed E-state index contributed by atoms with van der Waals surface area (Å²) < 4.78 is 0. The van der Waals surface area contributed by atoms with Crippen molar-refractivity contribution in [1.29, 1.82) is 0 Å². The van der Waals surface area contributed by atoms with Gasteiger partial charge in [0.25, 0.3) is 0 Å². The van der Waals surface area contributed by atoms with Gasteiger partial charge in [0.05, 0.1) is 11.8 Å². The Morgan fingerprint density at radius 1 is 0.638 bits per heavy atom. The average molecular weight is 651 g/mol. The van der Waals surface area contributed by atoms with Crippen LogP contribution in [0.4, 0.5) is 0 Å². The van der Waals surface area contributed by atoms with E-state index in [2.05, 4.69) is 20.8 Å². The molecule has 3 fully saturated rings. The molecule has 0 unspecified atom stereocenters. The summed E-state index contributed by atoms with van der Waals surface area (Å²) in [5.74, 6) is 1.72. The van der Waals surface area contributed by atoms with E-state index in [-0.39, 0.29) is 40.4 Å². The van der Waals surface area contributed by atoms with Crippen molar-refractivity contribution in [2.24, 2.45) is 34.0 Å². The first-order valence-corrected chi connectivity index (χ1v) is 20.5. The van der Waals surface area contributed by atoms with Crippen molar-refractivity contribution in [2.75, 3.05) is 0 Å². The molecule has 3 saturated carbocycles. The summed E-state index contributed by atoms with van der Waals surface area (Å²) in [6, 6.07) is 0. The lowest BCUT2D eigenvalue weighted by atomic mass is 9.44. The molecule has 0 heterocycles. The Balaban J connectivity index is 1.23. The lowest BCUT2D eigenvalue weighted by molar-refractivity contribution is -0.156. The minimum absolute atomic E-state index is 0.0425. The molecule has 0 amide bonds. The number of hydrogen-bond donors (Lipinski definition) is 0. The van der Waals surface area contributed by atoms with Gasteiger partial charge in [0, 0.05) is 19.3 Å². The summed E-state index contributed by atoms with van der Waals surface area (Å²) in [5, 5.41) is 0. The fraction of sp³-hybridized carbons (Fsp3) is 0.860.